The van der Waals surface area contributed by atoms with Crippen LogP contribution in [0.5, 0.6) is 0 Å². The molecule has 0 aromatic heterocycles. The Balaban J connectivity index is 3.53. The lowest BCUT2D eigenvalue weighted by atomic mass is 10.1. The van der Waals surface area contributed by atoms with Crippen LogP contribution in [0.2, 0.25) is 0 Å². The largest absolute Gasteiger partial charge is 0.192 e. The standard InChI is InChI=1S/C9H2BrN3/c10-9-7(4-12)1-6(3-11)2-8(9)5-13/h1-2H. The average Bonchev–Trinajstić information content (AvgIpc) is 2.18. The zero-order valence-corrected chi connectivity index (χ0v) is 7.96. The molecule has 1 aromatic rings. The second-order valence-electron chi connectivity index (χ2n) is 2.22. The first kappa shape index (κ1) is 9.26. The number of benzene rings is 1. The summed E-state index contributed by atoms with van der Waals surface area (Å²) in [6.07, 6.45) is 0. The van der Waals surface area contributed by atoms with E-state index < -0.39 is 0 Å². The Bertz CT molecular complexity index is 436. The van der Waals surface area contributed by atoms with Crippen LogP contribution < -0.4 is 0 Å². The molecular weight excluding hydrogens is 230 g/mol. The first-order chi connectivity index (χ1) is 6.22. The predicted octanol–water partition coefficient (Wildman–Crippen LogP) is 2.06. The van der Waals surface area contributed by atoms with Crippen molar-refractivity contribution < 1.29 is 0 Å². The molecule has 0 heterocycles. The minimum atomic E-state index is 0.301. The summed E-state index contributed by atoms with van der Waals surface area (Å²) in [7, 11) is 0. The predicted molar refractivity (Wildman–Crippen MR) is 48.3 cm³/mol. The molecule has 4 heteroatoms. The second kappa shape index (κ2) is 3.72. The van der Waals surface area contributed by atoms with Gasteiger partial charge in [0.2, 0.25) is 0 Å². The van der Waals surface area contributed by atoms with Gasteiger partial charge >= 0.3 is 0 Å². The zero-order valence-electron chi connectivity index (χ0n) is 6.37. The molecule has 0 fully saturated rings. The Labute approximate surface area is 83.6 Å². The third kappa shape index (κ3) is 1.67. The third-order valence-electron chi connectivity index (χ3n) is 1.44. The van der Waals surface area contributed by atoms with E-state index in [9.17, 15) is 0 Å². The molecule has 0 unspecified atom stereocenters. The Morgan fingerprint density at radius 3 is 1.69 bits per heavy atom. The van der Waals surface area contributed by atoms with Gasteiger partial charge in [0.15, 0.2) is 0 Å². The van der Waals surface area contributed by atoms with Gasteiger partial charge in [-0.15, -0.1) is 0 Å². The van der Waals surface area contributed by atoms with Crippen LogP contribution in [0.4, 0.5) is 0 Å². The Morgan fingerprint density at radius 2 is 1.38 bits per heavy atom. The summed E-state index contributed by atoms with van der Waals surface area (Å²) in [5.74, 6) is 0. The van der Waals surface area contributed by atoms with Crippen molar-refractivity contribution in [3.63, 3.8) is 0 Å². The molecule has 1 rings (SSSR count). The van der Waals surface area contributed by atoms with Gasteiger partial charge in [0.05, 0.1) is 27.2 Å². The van der Waals surface area contributed by atoms with Crippen LogP contribution in [-0.2, 0) is 0 Å². The fourth-order valence-corrected chi connectivity index (χ4v) is 1.26. The van der Waals surface area contributed by atoms with Crippen molar-refractivity contribution in [2.75, 3.05) is 0 Å². The quantitative estimate of drug-likeness (QED) is 0.687. The van der Waals surface area contributed by atoms with Gasteiger partial charge < -0.3 is 0 Å². The lowest BCUT2D eigenvalue weighted by molar-refractivity contribution is 1.39. The van der Waals surface area contributed by atoms with Crippen molar-refractivity contribution in [3.8, 4) is 18.2 Å². The molecule has 0 radical (unpaired) electrons. The molecule has 3 nitrogen and oxygen atoms in total. The number of rotatable bonds is 0. The van der Waals surface area contributed by atoms with Gasteiger partial charge in [0.25, 0.3) is 0 Å². The minimum absolute atomic E-state index is 0.301. The molecule has 13 heavy (non-hydrogen) atoms. The van der Waals surface area contributed by atoms with Gasteiger partial charge in [0.1, 0.15) is 12.1 Å². The fraction of sp³-hybridized carbons (Fsp3) is 0. The molecule has 60 valence electrons. The highest BCUT2D eigenvalue weighted by Crippen LogP contribution is 2.22. The smallest absolute Gasteiger partial charge is 0.100 e. The molecule has 0 spiro atoms. The SMILES string of the molecule is N#Cc1cc(C#N)c(Br)c(C#N)c1. The lowest BCUT2D eigenvalue weighted by Crippen LogP contribution is -1.86. The van der Waals surface area contributed by atoms with E-state index in [-0.39, 0.29) is 0 Å². The highest BCUT2D eigenvalue weighted by atomic mass is 79.9. The normalized spacial score (nSPS) is 8.15. The van der Waals surface area contributed by atoms with E-state index in [1.54, 1.807) is 0 Å². The van der Waals surface area contributed by atoms with Crippen molar-refractivity contribution >= 4 is 15.9 Å². The Morgan fingerprint density at radius 1 is 0.923 bits per heavy atom. The van der Waals surface area contributed by atoms with Gasteiger partial charge in [-0.2, -0.15) is 15.8 Å². The summed E-state index contributed by atoms with van der Waals surface area (Å²) in [6.45, 7) is 0. The van der Waals surface area contributed by atoms with Crippen LogP contribution in [0.1, 0.15) is 16.7 Å². The Hall–Kier alpha value is -1.83. The van der Waals surface area contributed by atoms with Gasteiger partial charge in [0, 0.05) is 0 Å². The summed E-state index contributed by atoms with van der Waals surface area (Å²) in [5, 5.41) is 25.9. The van der Waals surface area contributed by atoms with Crippen LogP contribution in [0.3, 0.4) is 0 Å². The maximum atomic E-state index is 8.66. The highest BCUT2D eigenvalue weighted by molar-refractivity contribution is 9.10. The molecule has 0 N–H and O–H groups in total. The van der Waals surface area contributed by atoms with Gasteiger partial charge in [-0.1, -0.05) is 0 Å². The lowest BCUT2D eigenvalue weighted by Gasteiger charge is -1.97. The molecule has 0 amide bonds. The van der Waals surface area contributed by atoms with Crippen LogP contribution in [0.15, 0.2) is 16.6 Å². The highest BCUT2D eigenvalue weighted by Gasteiger charge is 2.07. The van der Waals surface area contributed by atoms with E-state index in [0.717, 1.165) is 0 Å². The molecule has 0 aliphatic heterocycles. The first-order valence-electron chi connectivity index (χ1n) is 3.26. The summed E-state index contributed by atoms with van der Waals surface area (Å²) in [4.78, 5) is 0. The Kier molecular flexibility index (Phi) is 2.65. The summed E-state index contributed by atoms with van der Waals surface area (Å²) >= 11 is 3.11. The van der Waals surface area contributed by atoms with E-state index in [0.29, 0.717) is 21.2 Å². The molecule has 1 aromatic carbocycles. The van der Waals surface area contributed by atoms with Crippen LogP contribution in [0.25, 0.3) is 0 Å². The van der Waals surface area contributed by atoms with Crippen molar-refractivity contribution in [2.24, 2.45) is 0 Å². The summed E-state index contributed by atoms with van der Waals surface area (Å²) in [6, 6.07) is 8.54. The maximum absolute atomic E-state index is 8.66. The van der Waals surface area contributed by atoms with Gasteiger partial charge in [-0.3, -0.25) is 0 Å². The van der Waals surface area contributed by atoms with Gasteiger partial charge in [-0.05, 0) is 28.1 Å². The third-order valence-corrected chi connectivity index (χ3v) is 2.30. The molecule has 0 atom stereocenters. The zero-order chi connectivity index (χ0) is 9.84. The van der Waals surface area contributed by atoms with Crippen LogP contribution in [-0.4, -0.2) is 0 Å². The number of nitriles is 3. The van der Waals surface area contributed by atoms with Crippen LogP contribution in [0, 0.1) is 34.0 Å². The van der Waals surface area contributed by atoms with E-state index in [1.165, 1.54) is 12.1 Å². The molecule has 0 aliphatic rings. The monoisotopic (exact) mass is 231 g/mol. The topological polar surface area (TPSA) is 71.4 Å². The average molecular weight is 232 g/mol. The molecule has 0 saturated heterocycles. The first-order valence-corrected chi connectivity index (χ1v) is 4.06. The summed E-state index contributed by atoms with van der Waals surface area (Å²) < 4.78 is 0.441. The van der Waals surface area contributed by atoms with E-state index in [1.807, 2.05) is 18.2 Å². The molecular formula is C9H2BrN3. The number of halogens is 1. The molecule has 0 saturated carbocycles. The van der Waals surface area contributed by atoms with E-state index in [2.05, 4.69) is 15.9 Å². The number of hydrogen-bond donors (Lipinski definition) is 0. The molecule has 0 bridgehead atoms. The second-order valence-corrected chi connectivity index (χ2v) is 3.01. The van der Waals surface area contributed by atoms with Gasteiger partial charge in [-0.25, -0.2) is 0 Å². The van der Waals surface area contributed by atoms with Crippen molar-refractivity contribution in [1.82, 2.24) is 0 Å². The number of nitrogens with zero attached hydrogens (tertiary/aromatic N) is 3. The van der Waals surface area contributed by atoms with Crippen LogP contribution >= 0.6 is 15.9 Å². The number of hydrogen-bond acceptors (Lipinski definition) is 3. The van der Waals surface area contributed by atoms with E-state index in [4.69, 9.17) is 15.8 Å². The van der Waals surface area contributed by atoms with Crippen molar-refractivity contribution in [2.45, 2.75) is 0 Å². The van der Waals surface area contributed by atoms with E-state index >= 15 is 0 Å². The van der Waals surface area contributed by atoms with Crippen molar-refractivity contribution in [1.29, 1.82) is 15.8 Å². The maximum Gasteiger partial charge on any atom is 0.100 e. The minimum Gasteiger partial charge on any atom is -0.192 e. The summed E-state index contributed by atoms with van der Waals surface area (Å²) in [5.41, 5.74) is 0.919. The molecule has 0 aliphatic carbocycles. The van der Waals surface area contributed by atoms with Crippen molar-refractivity contribution in [3.05, 3.63) is 33.3 Å². The fourth-order valence-electron chi connectivity index (χ4n) is 0.852.